The maximum Gasteiger partial charge on any atom is 0.407 e. The molecule has 1 fully saturated rings. The van der Waals surface area contributed by atoms with E-state index in [1.165, 1.54) is 11.1 Å². The Balaban J connectivity index is 1.73. The van der Waals surface area contributed by atoms with Gasteiger partial charge in [-0.15, -0.1) is 0 Å². The van der Waals surface area contributed by atoms with Crippen molar-refractivity contribution in [3.63, 3.8) is 0 Å². The molecule has 2 aromatic rings. The van der Waals surface area contributed by atoms with Gasteiger partial charge in [0, 0.05) is 28.1 Å². The number of pyridine rings is 1. The van der Waals surface area contributed by atoms with E-state index in [1.807, 2.05) is 20.8 Å². The highest BCUT2D eigenvalue weighted by Crippen LogP contribution is 2.47. The van der Waals surface area contributed by atoms with Crippen LogP contribution in [0.3, 0.4) is 0 Å². The second-order valence-corrected chi connectivity index (χ2v) is 8.78. The molecule has 0 aliphatic heterocycles. The topological polar surface area (TPSA) is 62.7 Å². The number of aromatic nitrogens is 1. The number of halogens is 2. The predicted molar refractivity (Wildman–Crippen MR) is 106 cm³/mol. The Morgan fingerprint density at radius 2 is 2.07 bits per heavy atom. The summed E-state index contributed by atoms with van der Waals surface area (Å²) in [5.41, 5.74) is 0.232. The normalized spacial score (nSPS) is 15.2. The van der Waals surface area contributed by atoms with E-state index >= 15 is 0 Å². The zero-order valence-corrected chi connectivity index (χ0v) is 17.0. The van der Waals surface area contributed by atoms with Crippen molar-refractivity contribution in [2.45, 2.75) is 39.2 Å². The number of carboxylic acid groups (broad SMARTS) is 1. The van der Waals surface area contributed by atoms with E-state index in [-0.39, 0.29) is 5.41 Å². The largest absolute Gasteiger partial charge is 0.491 e. The summed E-state index contributed by atoms with van der Waals surface area (Å²) in [6, 6.07) is 8.49. The predicted octanol–water partition coefficient (Wildman–Crippen LogP) is 5.48. The molecule has 0 radical (unpaired) electrons. The summed E-state index contributed by atoms with van der Waals surface area (Å²) in [5, 5.41) is 10.0. The fourth-order valence-electron chi connectivity index (χ4n) is 3.05. The molecule has 0 spiro atoms. The number of hydrogen-bond donors (Lipinski definition) is 1. The third kappa shape index (κ3) is 4.73. The Bertz CT molecular complexity index is 878. The highest BCUT2D eigenvalue weighted by atomic mass is 35.5. The Kier molecular flexibility index (Phi) is 5.53. The number of nitrogens with zero attached hydrogens (tertiary/aromatic N) is 2. The molecule has 5 nitrogen and oxygen atoms in total. The van der Waals surface area contributed by atoms with Gasteiger partial charge in [-0.25, -0.2) is 9.78 Å². The van der Waals surface area contributed by atoms with Crippen LogP contribution in [-0.2, 0) is 0 Å². The Labute approximate surface area is 169 Å². The van der Waals surface area contributed by atoms with Crippen molar-refractivity contribution < 1.29 is 19.0 Å². The van der Waals surface area contributed by atoms with Crippen molar-refractivity contribution >= 4 is 17.7 Å². The van der Waals surface area contributed by atoms with Crippen molar-refractivity contribution in [2.75, 3.05) is 13.2 Å². The molecule has 1 amide bonds. The average molecular weight is 407 g/mol. The molecule has 28 heavy (non-hydrogen) atoms. The minimum atomic E-state index is -0.939. The molecule has 1 aromatic heterocycles. The minimum absolute atomic E-state index is 0.212. The van der Waals surface area contributed by atoms with E-state index in [0.29, 0.717) is 35.1 Å². The van der Waals surface area contributed by atoms with Crippen LogP contribution >= 0.6 is 11.6 Å². The SMILES string of the molecule is CC(C)(C)N(CC1(COc2cnc(F)c(-c3cccc(Cl)c3)c2)CC1)C(=O)O. The van der Waals surface area contributed by atoms with Crippen LogP contribution in [0, 0.1) is 11.4 Å². The van der Waals surface area contributed by atoms with Gasteiger partial charge in [0.1, 0.15) is 5.75 Å². The van der Waals surface area contributed by atoms with Crippen LogP contribution in [0.2, 0.25) is 5.02 Å². The highest BCUT2D eigenvalue weighted by Gasteiger charge is 2.47. The quantitative estimate of drug-likeness (QED) is 0.645. The molecule has 7 heteroatoms. The van der Waals surface area contributed by atoms with Crippen LogP contribution in [-0.4, -0.2) is 39.8 Å². The fraction of sp³-hybridized carbons (Fsp3) is 0.429. The number of ether oxygens (including phenoxy) is 1. The zero-order chi connectivity index (χ0) is 20.5. The first-order valence-corrected chi connectivity index (χ1v) is 9.52. The molecule has 1 aliphatic carbocycles. The lowest BCUT2D eigenvalue weighted by Crippen LogP contribution is -2.48. The molecule has 1 saturated carbocycles. The highest BCUT2D eigenvalue weighted by molar-refractivity contribution is 6.30. The summed E-state index contributed by atoms with van der Waals surface area (Å²) in [5.74, 6) is -0.152. The molecule has 3 rings (SSSR count). The molecular formula is C21H24ClFN2O3. The second-order valence-electron chi connectivity index (χ2n) is 8.35. The molecule has 1 N–H and O–H groups in total. The van der Waals surface area contributed by atoms with E-state index in [4.69, 9.17) is 16.3 Å². The summed E-state index contributed by atoms with van der Waals surface area (Å²) in [7, 11) is 0. The zero-order valence-electron chi connectivity index (χ0n) is 16.2. The van der Waals surface area contributed by atoms with Gasteiger partial charge >= 0.3 is 6.09 Å². The number of amides is 1. The molecular weight excluding hydrogens is 383 g/mol. The first-order valence-electron chi connectivity index (χ1n) is 9.15. The van der Waals surface area contributed by atoms with Gasteiger partial charge in [-0.2, -0.15) is 4.39 Å². The summed E-state index contributed by atoms with van der Waals surface area (Å²) in [4.78, 5) is 16.9. The lowest BCUT2D eigenvalue weighted by atomic mass is 10.0. The molecule has 1 heterocycles. The van der Waals surface area contributed by atoms with Gasteiger partial charge < -0.3 is 14.7 Å². The van der Waals surface area contributed by atoms with Gasteiger partial charge in [0.05, 0.1) is 12.8 Å². The van der Waals surface area contributed by atoms with Gasteiger partial charge in [0.15, 0.2) is 0 Å². The summed E-state index contributed by atoms with van der Waals surface area (Å²) >= 11 is 6.00. The van der Waals surface area contributed by atoms with Crippen molar-refractivity contribution in [3.8, 4) is 16.9 Å². The molecule has 0 unspecified atom stereocenters. The van der Waals surface area contributed by atoms with E-state index in [9.17, 15) is 14.3 Å². The van der Waals surface area contributed by atoms with Crippen LogP contribution in [0.25, 0.3) is 11.1 Å². The van der Waals surface area contributed by atoms with Crippen LogP contribution in [0.4, 0.5) is 9.18 Å². The fourth-order valence-corrected chi connectivity index (χ4v) is 3.25. The van der Waals surface area contributed by atoms with Crippen molar-refractivity contribution in [3.05, 3.63) is 47.5 Å². The van der Waals surface area contributed by atoms with Crippen LogP contribution in [0.1, 0.15) is 33.6 Å². The molecule has 0 bridgehead atoms. The molecule has 0 atom stereocenters. The van der Waals surface area contributed by atoms with Crippen molar-refractivity contribution in [1.29, 1.82) is 0 Å². The van der Waals surface area contributed by atoms with Crippen molar-refractivity contribution in [2.24, 2.45) is 5.41 Å². The van der Waals surface area contributed by atoms with Crippen LogP contribution < -0.4 is 4.74 Å². The van der Waals surface area contributed by atoms with Gasteiger partial charge in [-0.1, -0.05) is 23.7 Å². The van der Waals surface area contributed by atoms with Crippen LogP contribution in [0.5, 0.6) is 5.75 Å². The Morgan fingerprint density at radius 1 is 1.36 bits per heavy atom. The number of benzene rings is 1. The van der Waals surface area contributed by atoms with E-state index in [2.05, 4.69) is 4.98 Å². The third-order valence-electron chi connectivity index (χ3n) is 4.99. The maximum absolute atomic E-state index is 14.2. The van der Waals surface area contributed by atoms with Crippen LogP contribution in [0.15, 0.2) is 36.5 Å². The summed E-state index contributed by atoms with van der Waals surface area (Å²) in [6.07, 6.45) is 2.19. The standard InChI is InChI=1S/C21H24ClFN2O3/c1-20(2,3)25(19(26)27)12-21(7-8-21)13-28-16-10-17(18(23)24-11-16)14-5-4-6-15(22)9-14/h4-6,9-11H,7-8,12-13H2,1-3H3,(H,26,27). The summed E-state index contributed by atoms with van der Waals surface area (Å²) < 4.78 is 20.1. The van der Waals surface area contributed by atoms with Crippen molar-refractivity contribution in [1.82, 2.24) is 9.88 Å². The Morgan fingerprint density at radius 3 is 2.64 bits per heavy atom. The lowest BCUT2D eigenvalue weighted by molar-refractivity contribution is 0.0746. The number of carbonyl (C=O) groups is 1. The van der Waals surface area contributed by atoms with E-state index < -0.39 is 17.6 Å². The second kappa shape index (κ2) is 7.59. The monoisotopic (exact) mass is 406 g/mol. The first kappa shape index (κ1) is 20.4. The van der Waals surface area contributed by atoms with Gasteiger partial charge in [0.2, 0.25) is 5.95 Å². The smallest absolute Gasteiger partial charge is 0.407 e. The average Bonchev–Trinajstić information content (AvgIpc) is 3.38. The molecule has 0 saturated heterocycles. The van der Waals surface area contributed by atoms with Gasteiger partial charge in [-0.3, -0.25) is 0 Å². The van der Waals surface area contributed by atoms with E-state index in [1.54, 1.807) is 30.3 Å². The first-order chi connectivity index (χ1) is 13.1. The molecule has 1 aliphatic rings. The maximum atomic E-state index is 14.2. The van der Waals surface area contributed by atoms with Gasteiger partial charge in [0.25, 0.3) is 0 Å². The summed E-state index contributed by atoms with van der Waals surface area (Å²) in [6.45, 7) is 6.38. The van der Waals surface area contributed by atoms with Gasteiger partial charge in [-0.05, 0) is 57.4 Å². The molecule has 1 aromatic carbocycles. The Hall–Kier alpha value is -2.34. The lowest BCUT2D eigenvalue weighted by Gasteiger charge is -2.36. The number of rotatable bonds is 6. The third-order valence-corrected chi connectivity index (χ3v) is 5.22. The minimum Gasteiger partial charge on any atom is -0.491 e. The van der Waals surface area contributed by atoms with E-state index in [0.717, 1.165) is 12.8 Å². The molecule has 150 valence electrons. The number of hydrogen-bond acceptors (Lipinski definition) is 3.